The molecule has 1 unspecified atom stereocenters. The van der Waals surface area contributed by atoms with E-state index in [1.54, 1.807) is 11.3 Å². The van der Waals surface area contributed by atoms with Gasteiger partial charge in [0.25, 0.3) is 0 Å². The number of fused-ring (bicyclic) bond motifs is 3. The van der Waals surface area contributed by atoms with E-state index in [9.17, 15) is 0 Å². The first-order valence-corrected chi connectivity index (χ1v) is 7.98. The highest BCUT2D eigenvalue weighted by molar-refractivity contribution is 7.17. The van der Waals surface area contributed by atoms with E-state index in [1.165, 1.54) is 10.6 Å². The summed E-state index contributed by atoms with van der Waals surface area (Å²) in [7, 11) is 0. The van der Waals surface area contributed by atoms with Gasteiger partial charge >= 0.3 is 0 Å². The summed E-state index contributed by atoms with van der Waals surface area (Å²) in [6.07, 6.45) is 5.05. The van der Waals surface area contributed by atoms with Crippen LogP contribution in [0.1, 0.15) is 34.9 Å². The Kier molecular flexibility index (Phi) is 3.09. The molecule has 0 saturated heterocycles. The maximum absolute atomic E-state index is 4.64. The molecular formula is C16H16N4S. The van der Waals surface area contributed by atoms with Crippen molar-refractivity contribution in [1.82, 2.24) is 19.9 Å². The highest BCUT2D eigenvalue weighted by atomic mass is 32.1. The second kappa shape index (κ2) is 5.09. The molecule has 0 saturated carbocycles. The van der Waals surface area contributed by atoms with Gasteiger partial charge in [0.15, 0.2) is 5.82 Å². The Bertz CT molecular complexity index is 800. The Morgan fingerprint density at radius 1 is 1.29 bits per heavy atom. The van der Waals surface area contributed by atoms with Gasteiger partial charge in [0.1, 0.15) is 0 Å². The van der Waals surface area contributed by atoms with Gasteiger partial charge in [0.2, 0.25) is 4.96 Å². The molecule has 0 amide bonds. The van der Waals surface area contributed by atoms with Gasteiger partial charge in [-0.15, -0.1) is 5.10 Å². The van der Waals surface area contributed by atoms with Gasteiger partial charge in [0.05, 0.1) is 5.69 Å². The van der Waals surface area contributed by atoms with Crippen molar-refractivity contribution < 1.29 is 0 Å². The van der Waals surface area contributed by atoms with Crippen LogP contribution in [0.2, 0.25) is 0 Å². The molecule has 4 nitrogen and oxygen atoms in total. The average molecular weight is 296 g/mol. The van der Waals surface area contributed by atoms with E-state index >= 15 is 0 Å². The molecule has 1 aliphatic heterocycles. The van der Waals surface area contributed by atoms with Crippen molar-refractivity contribution in [1.29, 1.82) is 0 Å². The van der Waals surface area contributed by atoms with E-state index in [0.29, 0.717) is 6.04 Å². The van der Waals surface area contributed by atoms with Crippen molar-refractivity contribution >= 4 is 28.4 Å². The predicted octanol–water partition coefficient (Wildman–Crippen LogP) is 3.17. The summed E-state index contributed by atoms with van der Waals surface area (Å²) in [4.78, 5) is 6.98. The Morgan fingerprint density at radius 2 is 2.14 bits per heavy atom. The number of hydrogen-bond donors (Lipinski definition) is 1. The van der Waals surface area contributed by atoms with Crippen LogP contribution >= 0.6 is 11.3 Å². The Balaban J connectivity index is 1.69. The molecule has 3 aromatic rings. The molecule has 4 rings (SSSR count). The maximum atomic E-state index is 4.64. The summed E-state index contributed by atoms with van der Waals surface area (Å²) in [6, 6.07) is 10.6. The summed E-state index contributed by atoms with van der Waals surface area (Å²) in [5, 5.41) is 8.11. The molecule has 21 heavy (non-hydrogen) atoms. The molecule has 106 valence electrons. The van der Waals surface area contributed by atoms with Gasteiger partial charge in [-0.25, -0.2) is 4.52 Å². The van der Waals surface area contributed by atoms with Gasteiger partial charge in [-0.05, 0) is 18.6 Å². The minimum Gasteiger partial charge on any atom is -0.309 e. The zero-order valence-corrected chi connectivity index (χ0v) is 12.6. The molecular weight excluding hydrogens is 280 g/mol. The first-order chi connectivity index (χ1) is 10.3. The minimum atomic E-state index is 0.408. The largest absolute Gasteiger partial charge is 0.309 e. The van der Waals surface area contributed by atoms with Crippen molar-refractivity contribution in [3.63, 3.8) is 0 Å². The Morgan fingerprint density at radius 3 is 3.00 bits per heavy atom. The van der Waals surface area contributed by atoms with Gasteiger partial charge in [0, 0.05) is 23.9 Å². The van der Waals surface area contributed by atoms with Crippen LogP contribution in [0.15, 0.2) is 30.3 Å². The van der Waals surface area contributed by atoms with Crippen LogP contribution < -0.4 is 5.32 Å². The molecule has 0 fully saturated rings. The lowest BCUT2D eigenvalue weighted by Gasteiger charge is -2.19. The van der Waals surface area contributed by atoms with E-state index in [0.717, 1.165) is 29.3 Å². The molecule has 1 N–H and O–H groups in total. The summed E-state index contributed by atoms with van der Waals surface area (Å²) in [5.41, 5.74) is 2.48. The highest BCUT2D eigenvalue weighted by Gasteiger charge is 2.23. The van der Waals surface area contributed by atoms with Crippen molar-refractivity contribution in [2.45, 2.75) is 19.4 Å². The summed E-state index contributed by atoms with van der Waals surface area (Å²) >= 11 is 1.74. The molecule has 1 aromatic carbocycles. The first kappa shape index (κ1) is 12.7. The molecule has 1 atom stereocenters. The number of nitrogens with one attached hydrogen (secondary N) is 1. The third kappa shape index (κ3) is 2.28. The predicted molar refractivity (Wildman–Crippen MR) is 86.4 cm³/mol. The number of benzene rings is 1. The quantitative estimate of drug-likeness (QED) is 0.790. The molecule has 0 spiro atoms. The molecule has 0 bridgehead atoms. The number of hydrogen-bond acceptors (Lipinski definition) is 4. The van der Waals surface area contributed by atoms with Crippen LogP contribution in [-0.2, 0) is 6.42 Å². The van der Waals surface area contributed by atoms with Crippen molar-refractivity contribution in [2.24, 2.45) is 0 Å². The third-order valence-corrected chi connectivity index (χ3v) is 5.02. The molecule has 3 heterocycles. The van der Waals surface area contributed by atoms with Crippen LogP contribution in [0.25, 0.3) is 17.1 Å². The normalized spacial score (nSPS) is 18.4. The lowest BCUT2D eigenvalue weighted by Crippen LogP contribution is -2.27. The average Bonchev–Trinajstić information content (AvgIpc) is 3.05. The fraction of sp³-hybridized carbons (Fsp3) is 0.250. The van der Waals surface area contributed by atoms with Crippen molar-refractivity contribution in [2.75, 3.05) is 6.54 Å². The fourth-order valence-corrected chi connectivity index (χ4v) is 3.83. The van der Waals surface area contributed by atoms with Crippen LogP contribution in [0.4, 0.5) is 0 Å². The van der Waals surface area contributed by atoms with E-state index in [-0.39, 0.29) is 0 Å². The van der Waals surface area contributed by atoms with Crippen molar-refractivity contribution in [3.05, 3.63) is 52.3 Å². The lowest BCUT2D eigenvalue weighted by molar-refractivity contribution is 0.537. The zero-order valence-electron chi connectivity index (χ0n) is 11.8. The summed E-state index contributed by atoms with van der Waals surface area (Å²) < 4.78 is 2.02. The second-order valence-corrected chi connectivity index (χ2v) is 6.26. The monoisotopic (exact) mass is 296 g/mol. The zero-order chi connectivity index (χ0) is 14.2. The number of rotatable bonds is 2. The summed E-state index contributed by atoms with van der Waals surface area (Å²) in [5.74, 6) is 0.777. The van der Waals surface area contributed by atoms with Gasteiger partial charge in [-0.3, -0.25) is 0 Å². The molecule has 2 aromatic heterocycles. The smallest absolute Gasteiger partial charge is 0.213 e. The third-order valence-electron chi connectivity index (χ3n) is 3.77. The minimum absolute atomic E-state index is 0.408. The maximum Gasteiger partial charge on any atom is 0.213 e. The van der Waals surface area contributed by atoms with Crippen LogP contribution in [0, 0.1) is 0 Å². The first-order valence-electron chi connectivity index (χ1n) is 7.16. The standard InChI is InChI=1S/C16H16N4S/c1-11-15-13(9-10-17-11)20-16(21-15)18-14(19-20)8-7-12-5-3-2-4-6-12/h2-8,11,17H,9-10H2,1H3/b8-7+. The van der Waals surface area contributed by atoms with E-state index in [1.807, 2.05) is 28.8 Å². The lowest BCUT2D eigenvalue weighted by atomic mass is 10.1. The van der Waals surface area contributed by atoms with E-state index in [2.05, 4.69) is 40.5 Å². The Labute approximate surface area is 127 Å². The van der Waals surface area contributed by atoms with Gasteiger partial charge in [-0.2, -0.15) is 4.98 Å². The summed E-state index contributed by atoms with van der Waals surface area (Å²) in [6.45, 7) is 3.21. The van der Waals surface area contributed by atoms with Crippen LogP contribution in [-0.4, -0.2) is 21.1 Å². The number of aromatic nitrogens is 3. The van der Waals surface area contributed by atoms with Gasteiger partial charge < -0.3 is 5.32 Å². The number of thiazole rings is 1. The molecule has 0 radical (unpaired) electrons. The molecule has 0 aliphatic carbocycles. The van der Waals surface area contributed by atoms with Crippen molar-refractivity contribution in [3.8, 4) is 0 Å². The van der Waals surface area contributed by atoms with Gasteiger partial charge in [-0.1, -0.05) is 47.7 Å². The molecule has 5 heteroatoms. The van der Waals surface area contributed by atoms with Crippen LogP contribution in [0.5, 0.6) is 0 Å². The highest BCUT2D eigenvalue weighted by Crippen LogP contribution is 2.30. The topological polar surface area (TPSA) is 42.2 Å². The fourth-order valence-electron chi connectivity index (χ4n) is 2.69. The SMILES string of the molecule is CC1NCCc2c1sc1nc(/C=C/c3ccccc3)nn21. The number of nitrogens with zero attached hydrogens (tertiary/aromatic N) is 3. The van der Waals surface area contributed by atoms with E-state index in [4.69, 9.17) is 0 Å². The Hall–Kier alpha value is -1.98. The van der Waals surface area contributed by atoms with Crippen LogP contribution in [0.3, 0.4) is 0 Å². The van der Waals surface area contributed by atoms with E-state index < -0.39 is 0 Å². The molecule has 1 aliphatic rings. The second-order valence-electron chi connectivity index (χ2n) is 5.25.